The molecule has 10 aromatic carbocycles. The van der Waals surface area contributed by atoms with Gasteiger partial charge in [-0.05, 0) is 90.0 Å². The van der Waals surface area contributed by atoms with Gasteiger partial charge in [0.25, 0.3) is 0 Å². The van der Waals surface area contributed by atoms with Crippen LogP contribution in [0.2, 0.25) is 0 Å². The van der Waals surface area contributed by atoms with Crippen molar-refractivity contribution in [1.82, 2.24) is 15.0 Å². The third-order valence-corrected chi connectivity index (χ3v) is 15.4. The quantitative estimate of drug-likeness (QED) is 0.167. The van der Waals surface area contributed by atoms with Crippen molar-refractivity contribution in [3.63, 3.8) is 0 Å². The second-order valence-corrected chi connectivity index (χ2v) is 18.9. The molecule has 0 saturated heterocycles. The first-order chi connectivity index (χ1) is 33.7. The van der Waals surface area contributed by atoms with Gasteiger partial charge < -0.3 is 0 Å². The maximum Gasteiger partial charge on any atom is 0.164 e. The third-order valence-electron chi connectivity index (χ3n) is 14.2. The van der Waals surface area contributed by atoms with Gasteiger partial charge in [0.15, 0.2) is 17.5 Å². The lowest BCUT2D eigenvalue weighted by molar-refractivity contribution is 0.794. The number of aromatic nitrogens is 3. The summed E-state index contributed by atoms with van der Waals surface area (Å²) in [6, 6.07) is 85.5. The van der Waals surface area contributed by atoms with Gasteiger partial charge in [-0.1, -0.05) is 224 Å². The van der Waals surface area contributed by atoms with Gasteiger partial charge >= 0.3 is 0 Å². The van der Waals surface area contributed by atoms with Crippen LogP contribution in [0.4, 0.5) is 0 Å². The van der Waals surface area contributed by atoms with Gasteiger partial charge in [-0.25, -0.2) is 15.0 Å². The Bertz CT molecular complexity index is 3900. The van der Waals surface area contributed by atoms with Crippen LogP contribution in [0, 0.1) is 0 Å². The average molecular weight is 882 g/mol. The lowest BCUT2D eigenvalue weighted by atomic mass is 9.70. The van der Waals surface area contributed by atoms with Crippen molar-refractivity contribution in [1.29, 1.82) is 0 Å². The van der Waals surface area contributed by atoms with Crippen molar-refractivity contribution in [3.8, 4) is 89.8 Å². The molecule has 1 spiro atoms. The summed E-state index contributed by atoms with van der Waals surface area (Å²) in [6.45, 7) is 0. The molecule has 2 aromatic heterocycles. The Balaban J connectivity index is 0.895. The zero-order valence-corrected chi connectivity index (χ0v) is 37.6. The second kappa shape index (κ2) is 15.2. The fourth-order valence-corrected chi connectivity index (χ4v) is 12.4. The third kappa shape index (κ3) is 5.81. The summed E-state index contributed by atoms with van der Waals surface area (Å²) in [5, 5.41) is 2.63. The smallest absolute Gasteiger partial charge is 0.164 e. The van der Waals surface area contributed by atoms with Gasteiger partial charge in [-0.15, -0.1) is 11.3 Å². The standard InChI is InChI=1S/C64H39N3S/c1-2-15-42(16-3-1)46-17-4-5-22-54(46)63-66-61(44-35-31-41(32-36-44)40-29-33-43(34-30-40)47-23-14-24-53-52-21-9-13-28-59(52)68-60(47)53)65-62(67-63)45-37-38-51-50-20-8-12-27-57(50)64(58(51)39-45)55-25-10-6-18-48(55)49-19-7-11-26-56(49)64/h1-39H. The Hall–Kier alpha value is -8.57. The lowest BCUT2D eigenvalue weighted by Gasteiger charge is -2.30. The number of rotatable bonds is 6. The van der Waals surface area contributed by atoms with Crippen LogP contribution in [0.15, 0.2) is 237 Å². The summed E-state index contributed by atoms with van der Waals surface area (Å²) in [5.41, 5.74) is 19.5. The fourth-order valence-electron chi connectivity index (χ4n) is 11.2. The van der Waals surface area contributed by atoms with Crippen molar-refractivity contribution < 1.29 is 0 Å². The lowest BCUT2D eigenvalue weighted by Crippen LogP contribution is -2.25. The Kier molecular flexibility index (Phi) is 8.67. The summed E-state index contributed by atoms with van der Waals surface area (Å²) < 4.78 is 2.64. The first kappa shape index (κ1) is 38.7. The molecule has 12 aromatic rings. The summed E-state index contributed by atoms with van der Waals surface area (Å²) in [6.07, 6.45) is 0. The monoisotopic (exact) mass is 881 g/mol. The molecule has 0 saturated carbocycles. The van der Waals surface area contributed by atoms with Crippen LogP contribution >= 0.6 is 11.3 Å². The summed E-state index contributed by atoms with van der Waals surface area (Å²) in [7, 11) is 0. The molecular formula is C64H39N3S. The molecule has 2 aliphatic rings. The highest BCUT2D eigenvalue weighted by Gasteiger charge is 2.51. The second-order valence-electron chi connectivity index (χ2n) is 17.8. The molecule has 0 bridgehead atoms. The minimum atomic E-state index is -0.478. The van der Waals surface area contributed by atoms with Crippen LogP contribution in [-0.2, 0) is 5.41 Å². The number of thiophene rings is 1. The molecule has 14 rings (SSSR count). The highest BCUT2D eigenvalue weighted by Crippen LogP contribution is 2.63. The highest BCUT2D eigenvalue weighted by atomic mass is 32.1. The Labute approximate surface area is 398 Å². The van der Waals surface area contributed by atoms with Gasteiger partial charge in [0.2, 0.25) is 0 Å². The van der Waals surface area contributed by atoms with Crippen molar-refractivity contribution >= 4 is 31.5 Å². The van der Waals surface area contributed by atoms with E-state index in [1.165, 1.54) is 75.8 Å². The number of benzene rings is 10. The number of nitrogens with zero attached hydrogens (tertiary/aromatic N) is 3. The summed E-state index contributed by atoms with van der Waals surface area (Å²) in [4.78, 5) is 16.0. The van der Waals surface area contributed by atoms with E-state index in [2.05, 4.69) is 237 Å². The van der Waals surface area contributed by atoms with Gasteiger partial charge in [-0.2, -0.15) is 0 Å². The molecular weight excluding hydrogens is 843 g/mol. The Morgan fingerprint density at radius 2 is 0.706 bits per heavy atom. The number of fused-ring (bicyclic) bond motifs is 13. The molecule has 3 nitrogen and oxygen atoms in total. The molecule has 316 valence electrons. The molecule has 2 aliphatic carbocycles. The van der Waals surface area contributed by atoms with Crippen LogP contribution in [0.5, 0.6) is 0 Å². The summed E-state index contributed by atoms with van der Waals surface area (Å²) in [5.74, 6) is 1.89. The molecule has 0 aliphatic heterocycles. The predicted molar refractivity (Wildman–Crippen MR) is 282 cm³/mol. The van der Waals surface area contributed by atoms with Crippen molar-refractivity contribution in [3.05, 3.63) is 259 Å². The van der Waals surface area contributed by atoms with Crippen molar-refractivity contribution in [2.75, 3.05) is 0 Å². The molecule has 68 heavy (non-hydrogen) atoms. The topological polar surface area (TPSA) is 38.7 Å². The Morgan fingerprint density at radius 3 is 1.37 bits per heavy atom. The maximum absolute atomic E-state index is 5.37. The largest absolute Gasteiger partial charge is 0.208 e. The van der Waals surface area contributed by atoms with Crippen LogP contribution in [0.25, 0.3) is 110 Å². The van der Waals surface area contributed by atoms with E-state index in [4.69, 9.17) is 15.0 Å². The van der Waals surface area contributed by atoms with Crippen molar-refractivity contribution in [2.45, 2.75) is 5.41 Å². The summed E-state index contributed by atoms with van der Waals surface area (Å²) >= 11 is 1.87. The van der Waals surface area contributed by atoms with E-state index in [0.29, 0.717) is 17.5 Å². The van der Waals surface area contributed by atoms with Crippen LogP contribution < -0.4 is 0 Å². The van der Waals surface area contributed by atoms with E-state index >= 15 is 0 Å². The number of hydrogen-bond donors (Lipinski definition) is 0. The van der Waals surface area contributed by atoms with Gasteiger partial charge in [0.1, 0.15) is 0 Å². The van der Waals surface area contributed by atoms with Crippen LogP contribution in [0.3, 0.4) is 0 Å². The molecule has 0 amide bonds. The molecule has 2 heterocycles. The van der Waals surface area contributed by atoms with Gasteiger partial charge in [-0.3, -0.25) is 0 Å². The van der Waals surface area contributed by atoms with E-state index in [1.54, 1.807) is 0 Å². The molecule has 0 radical (unpaired) electrons. The zero-order valence-electron chi connectivity index (χ0n) is 36.8. The number of hydrogen-bond acceptors (Lipinski definition) is 4. The Morgan fingerprint density at radius 1 is 0.265 bits per heavy atom. The van der Waals surface area contributed by atoms with E-state index < -0.39 is 5.41 Å². The fraction of sp³-hybridized carbons (Fsp3) is 0.0156. The predicted octanol–water partition coefficient (Wildman–Crippen LogP) is 16.6. The normalized spacial score (nSPS) is 12.8. The van der Waals surface area contributed by atoms with Gasteiger partial charge in [0, 0.05) is 36.9 Å². The first-order valence-electron chi connectivity index (χ1n) is 23.2. The van der Waals surface area contributed by atoms with E-state index in [0.717, 1.165) is 38.9 Å². The van der Waals surface area contributed by atoms with E-state index in [1.807, 2.05) is 11.3 Å². The van der Waals surface area contributed by atoms with Crippen LogP contribution in [-0.4, -0.2) is 15.0 Å². The average Bonchev–Trinajstić information content (AvgIpc) is 4.05. The van der Waals surface area contributed by atoms with E-state index in [9.17, 15) is 0 Å². The van der Waals surface area contributed by atoms with Gasteiger partial charge in [0.05, 0.1) is 5.41 Å². The molecule has 0 fully saturated rings. The van der Waals surface area contributed by atoms with Crippen molar-refractivity contribution in [2.24, 2.45) is 0 Å². The highest BCUT2D eigenvalue weighted by molar-refractivity contribution is 7.26. The maximum atomic E-state index is 5.37. The minimum Gasteiger partial charge on any atom is -0.208 e. The molecule has 0 atom stereocenters. The minimum absolute atomic E-state index is 0.478. The molecule has 0 N–H and O–H groups in total. The molecule has 4 heteroatoms. The first-order valence-corrected chi connectivity index (χ1v) is 24.0. The van der Waals surface area contributed by atoms with E-state index in [-0.39, 0.29) is 0 Å². The SMILES string of the molecule is c1ccc(-c2ccccc2-c2nc(-c3ccc(-c4ccc(-c5cccc6c5sc5ccccc56)cc4)cc3)nc(-c3ccc4c(c3)C3(c5ccccc5-c5ccccc53)c3ccccc3-4)n2)cc1. The zero-order chi connectivity index (χ0) is 44.8. The van der Waals surface area contributed by atoms with Crippen LogP contribution in [0.1, 0.15) is 22.3 Å². The molecule has 0 unspecified atom stereocenters.